The maximum atomic E-state index is 11.4. The number of ether oxygens (including phenoxy) is 2. The minimum absolute atomic E-state index is 0.0994. The number of carbonyl (C=O) groups is 2. The lowest BCUT2D eigenvalue weighted by molar-refractivity contribution is -0.148. The summed E-state index contributed by atoms with van der Waals surface area (Å²) in [6.45, 7) is 6.40. The SMILES string of the molecule is CNC(=O)COC(=O)CCOc1ccc(C(C)(C)C)cc1. The number of amides is 1. The third-order valence-electron chi connectivity index (χ3n) is 2.94. The van der Waals surface area contributed by atoms with E-state index in [9.17, 15) is 9.59 Å². The van der Waals surface area contributed by atoms with Crippen molar-refractivity contribution in [1.82, 2.24) is 5.32 Å². The minimum atomic E-state index is -0.454. The van der Waals surface area contributed by atoms with Crippen LogP contribution < -0.4 is 10.1 Å². The molecule has 0 saturated carbocycles. The summed E-state index contributed by atoms with van der Waals surface area (Å²) < 4.78 is 10.2. The topological polar surface area (TPSA) is 64.6 Å². The van der Waals surface area contributed by atoms with Gasteiger partial charge in [0, 0.05) is 7.05 Å². The molecule has 0 heterocycles. The zero-order valence-electron chi connectivity index (χ0n) is 13.1. The quantitative estimate of drug-likeness (QED) is 0.815. The summed E-state index contributed by atoms with van der Waals surface area (Å²) in [6, 6.07) is 7.80. The lowest BCUT2D eigenvalue weighted by Gasteiger charge is -2.19. The molecule has 0 spiro atoms. The molecule has 0 fully saturated rings. The zero-order chi connectivity index (χ0) is 15.9. The van der Waals surface area contributed by atoms with E-state index in [0.29, 0.717) is 5.75 Å². The number of hydrogen-bond acceptors (Lipinski definition) is 4. The second-order valence-corrected chi connectivity index (χ2v) is 5.71. The van der Waals surface area contributed by atoms with Gasteiger partial charge in [-0.15, -0.1) is 0 Å². The standard InChI is InChI=1S/C16H23NO4/c1-16(2,3)12-5-7-13(8-6-12)20-10-9-15(19)21-11-14(18)17-4/h5-8H,9-11H2,1-4H3,(H,17,18). The third kappa shape index (κ3) is 6.29. The fraction of sp³-hybridized carbons (Fsp3) is 0.500. The lowest BCUT2D eigenvalue weighted by Crippen LogP contribution is -2.25. The maximum absolute atomic E-state index is 11.4. The van der Waals surface area contributed by atoms with Gasteiger partial charge in [0.05, 0.1) is 13.0 Å². The highest BCUT2D eigenvalue weighted by molar-refractivity contribution is 5.80. The Morgan fingerprint density at radius 3 is 2.29 bits per heavy atom. The van der Waals surface area contributed by atoms with Crippen molar-refractivity contribution in [1.29, 1.82) is 0 Å². The van der Waals surface area contributed by atoms with Crippen LogP contribution in [0.25, 0.3) is 0 Å². The van der Waals surface area contributed by atoms with Gasteiger partial charge in [-0.1, -0.05) is 32.9 Å². The first-order chi connectivity index (χ1) is 9.82. The van der Waals surface area contributed by atoms with E-state index in [1.54, 1.807) is 0 Å². The van der Waals surface area contributed by atoms with Crippen molar-refractivity contribution >= 4 is 11.9 Å². The molecule has 0 aliphatic heterocycles. The van der Waals surface area contributed by atoms with Gasteiger partial charge in [-0.2, -0.15) is 0 Å². The fourth-order valence-electron chi connectivity index (χ4n) is 1.59. The fourth-order valence-corrected chi connectivity index (χ4v) is 1.59. The third-order valence-corrected chi connectivity index (χ3v) is 2.94. The molecule has 1 rings (SSSR count). The lowest BCUT2D eigenvalue weighted by atomic mass is 9.87. The molecule has 1 amide bonds. The summed E-state index contributed by atoms with van der Waals surface area (Å²) in [5, 5.41) is 2.37. The van der Waals surface area contributed by atoms with Crippen molar-refractivity contribution in [3.8, 4) is 5.75 Å². The van der Waals surface area contributed by atoms with Gasteiger partial charge >= 0.3 is 5.97 Å². The van der Waals surface area contributed by atoms with Crippen LogP contribution in [-0.2, 0) is 19.7 Å². The molecule has 0 saturated heterocycles. The predicted octanol–water partition coefficient (Wildman–Crippen LogP) is 2.04. The second kappa shape index (κ2) is 7.67. The minimum Gasteiger partial charge on any atom is -0.493 e. The Hall–Kier alpha value is -2.04. The van der Waals surface area contributed by atoms with Gasteiger partial charge in [-0.05, 0) is 23.1 Å². The van der Waals surface area contributed by atoms with Crippen molar-refractivity contribution in [2.24, 2.45) is 0 Å². The molecule has 1 N–H and O–H groups in total. The largest absolute Gasteiger partial charge is 0.493 e. The molecular weight excluding hydrogens is 270 g/mol. The maximum Gasteiger partial charge on any atom is 0.309 e. The van der Waals surface area contributed by atoms with Crippen LogP contribution in [0.2, 0.25) is 0 Å². The van der Waals surface area contributed by atoms with Gasteiger partial charge < -0.3 is 14.8 Å². The Balaban J connectivity index is 2.32. The Bertz CT molecular complexity index is 474. The smallest absolute Gasteiger partial charge is 0.309 e. The molecule has 116 valence electrons. The van der Waals surface area contributed by atoms with Crippen molar-refractivity contribution < 1.29 is 19.1 Å². The van der Waals surface area contributed by atoms with Gasteiger partial charge in [0.2, 0.25) is 0 Å². The van der Waals surface area contributed by atoms with E-state index in [0.717, 1.165) is 0 Å². The first kappa shape index (κ1) is 17.0. The van der Waals surface area contributed by atoms with Crippen LogP contribution >= 0.6 is 0 Å². The highest BCUT2D eigenvalue weighted by Crippen LogP contribution is 2.24. The molecule has 0 radical (unpaired) electrons. The molecule has 0 aliphatic carbocycles. The van der Waals surface area contributed by atoms with E-state index >= 15 is 0 Å². The highest BCUT2D eigenvalue weighted by atomic mass is 16.5. The first-order valence-corrected chi connectivity index (χ1v) is 6.92. The Morgan fingerprint density at radius 2 is 1.76 bits per heavy atom. The number of likely N-dealkylation sites (N-methyl/N-ethyl adjacent to an activating group) is 1. The molecule has 1 aromatic rings. The zero-order valence-corrected chi connectivity index (χ0v) is 13.1. The molecule has 21 heavy (non-hydrogen) atoms. The van der Waals surface area contributed by atoms with Crippen LogP contribution in [0.15, 0.2) is 24.3 Å². The van der Waals surface area contributed by atoms with Crippen LogP contribution in [0.1, 0.15) is 32.8 Å². The van der Waals surface area contributed by atoms with Gasteiger partial charge in [-0.3, -0.25) is 9.59 Å². The molecular formula is C16H23NO4. The second-order valence-electron chi connectivity index (χ2n) is 5.71. The summed E-state index contributed by atoms with van der Waals surface area (Å²) in [4.78, 5) is 22.3. The first-order valence-electron chi connectivity index (χ1n) is 6.92. The number of nitrogens with one attached hydrogen (secondary N) is 1. The average molecular weight is 293 g/mol. The number of benzene rings is 1. The van der Waals surface area contributed by atoms with E-state index in [2.05, 4.69) is 26.1 Å². The number of esters is 1. The Morgan fingerprint density at radius 1 is 1.14 bits per heavy atom. The summed E-state index contributed by atoms with van der Waals surface area (Å²) in [7, 11) is 1.49. The molecule has 5 nitrogen and oxygen atoms in total. The van der Waals surface area contributed by atoms with Crippen LogP contribution in [-0.4, -0.2) is 32.1 Å². The molecule has 0 bridgehead atoms. The summed E-state index contributed by atoms with van der Waals surface area (Å²) in [5.74, 6) is -0.0750. The average Bonchev–Trinajstić information content (AvgIpc) is 2.44. The van der Waals surface area contributed by atoms with Crippen molar-refractivity contribution in [3.63, 3.8) is 0 Å². The van der Waals surface area contributed by atoms with Crippen LogP contribution in [0.3, 0.4) is 0 Å². The summed E-state index contributed by atoms with van der Waals surface area (Å²) in [6.07, 6.45) is 0.109. The van der Waals surface area contributed by atoms with Crippen molar-refractivity contribution in [2.45, 2.75) is 32.6 Å². The van der Waals surface area contributed by atoms with Gasteiger partial charge in [0.15, 0.2) is 6.61 Å². The molecule has 0 atom stereocenters. The van der Waals surface area contributed by atoms with Gasteiger partial charge in [0.25, 0.3) is 5.91 Å². The van der Waals surface area contributed by atoms with Crippen LogP contribution in [0.4, 0.5) is 0 Å². The molecule has 0 unspecified atom stereocenters. The van der Waals surface area contributed by atoms with Gasteiger partial charge in [-0.25, -0.2) is 0 Å². The molecule has 5 heteroatoms. The van der Waals surface area contributed by atoms with E-state index < -0.39 is 5.97 Å². The highest BCUT2D eigenvalue weighted by Gasteiger charge is 2.13. The molecule has 0 aliphatic rings. The van der Waals surface area contributed by atoms with Gasteiger partial charge in [0.1, 0.15) is 5.75 Å². The monoisotopic (exact) mass is 293 g/mol. The Kier molecular flexibility index (Phi) is 6.21. The van der Waals surface area contributed by atoms with E-state index in [1.807, 2.05) is 24.3 Å². The molecule has 0 aromatic heterocycles. The van der Waals surface area contributed by atoms with E-state index in [-0.39, 0.29) is 31.0 Å². The van der Waals surface area contributed by atoms with Crippen molar-refractivity contribution in [3.05, 3.63) is 29.8 Å². The summed E-state index contributed by atoms with van der Waals surface area (Å²) >= 11 is 0. The molecule has 1 aromatic carbocycles. The number of rotatable bonds is 6. The van der Waals surface area contributed by atoms with E-state index in [1.165, 1.54) is 12.6 Å². The normalized spacial score (nSPS) is 10.9. The number of carbonyl (C=O) groups excluding carboxylic acids is 2. The van der Waals surface area contributed by atoms with E-state index in [4.69, 9.17) is 9.47 Å². The van der Waals surface area contributed by atoms with Crippen LogP contribution in [0, 0.1) is 0 Å². The summed E-state index contributed by atoms with van der Waals surface area (Å²) in [5.41, 5.74) is 1.32. The van der Waals surface area contributed by atoms with Crippen LogP contribution in [0.5, 0.6) is 5.75 Å². The van der Waals surface area contributed by atoms with Crippen molar-refractivity contribution in [2.75, 3.05) is 20.3 Å². The Labute approximate surface area is 125 Å². The predicted molar refractivity (Wildman–Crippen MR) is 80.3 cm³/mol. The number of hydrogen-bond donors (Lipinski definition) is 1.